The van der Waals surface area contributed by atoms with Crippen molar-refractivity contribution in [3.8, 4) is 0 Å². The van der Waals surface area contributed by atoms with E-state index in [0.29, 0.717) is 6.54 Å². The number of hydrogen-bond acceptors (Lipinski definition) is 3. The summed E-state index contributed by atoms with van der Waals surface area (Å²) in [5.41, 5.74) is 0.861. The van der Waals surface area contributed by atoms with Crippen molar-refractivity contribution in [2.45, 2.75) is 44.0 Å². The predicted octanol–water partition coefficient (Wildman–Crippen LogP) is 1.78. The van der Waals surface area contributed by atoms with Crippen LogP contribution in [0.3, 0.4) is 0 Å². The molecule has 116 valence electrons. The van der Waals surface area contributed by atoms with Crippen LogP contribution in [-0.4, -0.2) is 14.3 Å². The van der Waals surface area contributed by atoms with Crippen molar-refractivity contribution in [3.63, 3.8) is 0 Å². The molecule has 0 radical (unpaired) electrons. The maximum atomic E-state index is 12.1. The number of hydrogen-bond donors (Lipinski definition) is 2. The number of sulfonamides is 1. The minimum Gasteiger partial charge on any atom is -0.352 e. The maximum absolute atomic E-state index is 12.1. The minimum atomic E-state index is -3.66. The third-order valence-electron chi connectivity index (χ3n) is 4.11. The summed E-state index contributed by atoms with van der Waals surface area (Å²) in [6, 6.07) is 6.25. The molecule has 5 nitrogen and oxygen atoms in total. The molecule has 0 atom stereocenters. The fourth-order valence-corrected chi connectivity index (χ4v) is 3.17. The van der Waals surface area contributed by atoms with Crippen molar-refractivity contribution in [2.75, 3.05) is 0 Å². The average molecular weight is 310 g/mol. The van der Waals surface area contributed by atoms with Gasteiger partial charge in [-0.1, -0.05) is 19.1 Å². The lowest BCUT2D eigenvalue weighted by Crippen LogP contribution is -2.32. The minimum absolute atomic E-state index is 0.0823. The summed E-state index contributed by atoms with van der Waals surface area (Å²) in [5, 5.41) is 7.96. The van der Waals surface area contributed by atoms with Crippen LogP contribution in [0.4, 0.5) is 0 Å². The van der Waals surface area contributed by atoms with Crippen molar-refractivity contribution < 1.29 is 13.2 Å². The summed E-state index contributed by atoms with van der Waals surface area (Å²) >= 11 is 0. The molecule has 2 rings (SSSR count). The van der Waals surface area contributed by atoms with Gasteiger partial charge in [0.2, 0.25) is 15.9 Å². The highest BCUT2D eigenvalue weighted by molar-refractivity contribution is 7.89. The Morgan fingerprint density at radius 2 is 1.76 bits per heavy atom. The van der Waals surface area contributed by atoms with Crippen LogP contribution in [0.25, 0.3) is 0 Å². The zero-order valence-electron chi connectivity index (χ0n) is 12.2. The van der Waals surface area contributed by atoms with Gasteiger partial charge in [0, 0.05) is 12.5 Å². The molecule has 3 N–H and O–H groups in total. The molecule has 0 spiro atoms. The Kier molecular flexibility index (Phi) is 5.00. The molecule has 1 aliphatic rings. The molecule has 1 aliphatic carbocycles. The van der Waals surface area contributed by atoms with Gasteiger partial charge in [-0.05, 0) is 49.3 Å². The second-order valence-corrected chi connectivity index (χ2v) is 7.42. The number of nitrogens with two attached hydrogens (primary N) is 1. The highest BCUT2D eigenvalue weighted by Gasteiger charge is 2.23. The summed E-state index contributed by atoms with van der Waals surface area (Å²) in [6.45, 7) is 2.64. The Hall–Kier alpha value is -1.40. The van der Waals surface area contributed by atoms with E-state index in [1.165, 1.54) is 12.1 Å². The van der Waals surface area contributed by atoms with E-state index in [2.05, 4.69) is 12.2 Å². The van der Waals surface area contributed by atoms with Crippen LogP contribution in [0, 0.1) is 11.8 Å². The molecule has 21 heavy (non-hydrogen) atoms. The van der Waals surface area contributed by atoms with Crippen LogP contribution >= 0.6 is 0 Å². The predicted molar refractivity (Wildman–Crippen MR) is 80.8 cm³/mol. The third-order valence-corrected chi connectivity index (χ3v) is 5.03. The number of rotatable bonds is 4. The lowest BCUT2D eigenvalue weighted by molar-refractivity contribution is -0.126. The van der Waals surface area contributed by atoms with Gasteiger partial charge in [-0.25, -0.2) is 13.6 Å². The van der Waals surface area contributed by atoms with E-state index in [9.17, 15) is 13.2 Å². The van der Waals surface area contributed by atoms with Crippen molar-refractivity contribution in [1.82, 2.24) is 5.32 Å². The lowest BCUT2D eigenvalue weighted by Gasteiger charge is -2.25. The van der Waals surface area contributed by atoms with E-state index in [0.717, 1.165) is 37.2 Å². The summed E-state index contributed by atoms with van der Waals surface area (Å²) in [4.78, 5) is 12.2. The molecule has 0 bridgehead atoms. The Morgan fingerprint density at radius 3 is 2.29 bits per heavy atom. The second-order valence-electron chi connectivity index (χ2n) is 5.86. The molecule has 0 heterocycles. The fraction of sp³-hybridized carbons (Fsp3) is 0.533. The van der Waals surface area contributed by atoms with E-state index in [-0.39, 0.29) is 16.7 Å². The summed E-state index contributed by atoms with van der Waals surface area (Å²) in [7, 11) is -3.66. The molecular formula is C15H22N2O3S. The van der Waals surface area contributed by atoms with Crippen molar-refractivity contribution in [1.29, 1.82) is 0 Å². The molecule has 0 unspecified atom stereocenters. The SMILES string of the molecule is CC1CCC(C(=O)NCc2ccc(S(N)(=O)=O)cc2)CC1. The smallest absolute Gasteiger partial charge is 0.238 e. The van der Waals surface area contributed by atoms with Crippen LogP contribution in [0.5, 0.6) is 0 Å². The van der Waals surface area contributed by atoms with Crippen LogP contribution in [0.2, 0.25) is 0 Å². The zero-order valence-corrected chi connectivity index (χ0v) is 13.0. The molecule has 1 saturated carbocycles. The Bertz CT molecular complexity index is 588. The van der Waals surface area contributed by atoms with Gasteiger partial charge in [0.25, 0.3) is 0 Å². The molecule has 0 aliphatic heterocycles. The number of carbonyl (C=O) groups excluding carboxylic acids is 1. The summed E-state index contributed by atoms with van der Waals surface area (Å²) < 4.78 is 22.3. The van der Waals surface area contributed by atoms with Gasteiger partial charge in [0.05, 0.1) is 4.90 Å². The molecule has 1 aromatic rings. The van der Waals surface area contributed by atoms with Gasteiger partial charge in [-0.15, -0.1) is 0 Å². The third kappa shape index (κ3) is 4.54. The zero-order chi connectivity index (χ0) is 15.5. The first-order chi connectivity index (χ1) is 9.86. The first kappa shape index (κ1) is 16.0. The van der Waals surface area contributed by atoms with Crippen molar-refractivity contribution in [3.05, 3.63) is 29.8 Å². The normalized spacial score (nSPS) is 22.8. The monoisotopic (exact) mass is 310 g/mol. The van der Waals surface area contributed by atoms with E-state index in [1.54, 1.807) is 12.1 Å². The van der Waals surface area contributed by atoms with E-state index < -0.39 is 10.0 Å². The van der Waals surface area contributed by atoms with E-state index in [1.807, 2.05) is 0 Å². The van der Waals surface area contributed by atoms with Gasteiger partial charge in [-0.3, -0.25) is 4.79 Å². The van der Waals surface area contributed by atoms with Gasteiger partial charge in [0.15, 0.2) is 0 Å². The average Bonchev–Trinajstić information content (AvgIpc) is 2.45. The number of benzene rings is 1. The molecule has 0 saturated heterocycles. The molecule has 0 aromatic heterocycles. The maximum Gasteiger partial charge on any atom is 0.238 e. The highest BCUT2D eigenvalue weighted by Crippen LogP contribution is 2.28. The first-order valence-corrected chi connectivity index (χ1v) is 8.80. The topological polar surface area (TPSA) is 89.3 Å². The Labute approximate surface area is 126 Å². The highest BCUT2D eigenvalue weighted by atomic mass is 32.2. The van der Waals surface area contributed by atoms with Crippen molar-refractivity contribution >= 4 is 15.9 Å². The summed E-state index contributed by atoms with van der Waals surface area (Å²) in [6.07, 6.45) is 4.14. The molecule has 1 fully saturated rings. The van der Waals surface area contributed by atoms with Gasteiger partial charge >= 0.3 is 0 Å². The molecule has 1 amide bonds. The van der Waals surface area contributed by atoms with Gasteiger partial charge < -0.3 is 5.32 Å². The van der Waals surface area contributed by atoms with Crippen molar-refractivity contribution in [2.24, 2.45) is 17.0 Å². The fourth-order valence-electron chi connectivity index (χ4n) is 2.65. The van der Waals surface area contributed by atoms with Crippen LogP contribution in [0.1, 0.15) is 38.2 Å². The standard InChI is InChI=1S/C15H22N2O3S/c1-11-2-6-13(7-3-11)15(18)17-10-12-4-8-14(9-5-12)21(16,19)20/h4-5,8-9,11,13H,2-3,6-7,10H2,1H3,(H,17,18)(H2,16,19,20). The largest absolute Gasteiger partial charge is 0.352 e. The quantitative estimate of drug-likeness (QED) is 0.888. The lowest BCUT2D eigenvalue weighted by atomic mass is 9.82. The number of primary sulfonamides is 1. The van der Waals surface area contributed by atoms with Crippen LogP contribution in [0.15, 0.2) is 29.2 Å². The Morgan fingerprint density at radius 1 is 1.19 bits per heavy atom. The Balaban J connectivity index is 1.87. The van der Waals surface area contributed by atoms with E-state index in [4.69, 9.17) is 5.14 Å². The van der Waals surface area contributed by atoms with Gasteiger partial charge in [0.1, 0.15) is 0 Å². The first-order valence-electron chi connectivity index (χ1n) is 7.25. The molecule has 6 heteroatoms. The van der Waals surface area contributed by atoms with Crippen LogP contribution < -0.4 is 10.5 Å². The van der Waals surface area contributed by atoms with E-state index >= 15 is 0 Å². The van der Waals surface area contributed by atoms with Gasteiger partial charge in [-0.2, -0.15) is 0 Å². The molecule has 1 aromatic carbocycles. The summed E-state index contributed by atoms with van der Waals surface area (Å²) in [5.74, 6) is 0.933. The number of nitrogens with one attached hydrogen (secondary N) is 1. The number of carbonyl (C=O) groups is 1. The second kappa shape index (κ2) is 6.58. The number of amides is 1. The molecular weight excluding hydrogens is 288 g/mol. The van der Waals surface area contributed by atoms with Crippen LogP contribution in [-0.2, 0) is 21.4 Å².